The summed E-state index contributed by atoms with van der Waals surface area (Å²) in [5, 5.41) is 23.3. The fraction of sp³-hybridized carbons (Fsp3) is 0.333. The van der Waals surface area contributed by atoms with E-state index in [0.717, 1.165) is 17.5 Å². The largest absolute Gasteiger partial charge is 0.305 e. The molecule has 1 unspecified atom stereocenters. The lowest BCUT2D eigenvalue weighted by atomic mass is 9.79. The van der Waals surface area contributed by atoms with Crippen molar-refractivity contribution in [3.8, 4) is 12.1 Å². The lowest BCUT2D eigenvalue weighted by molar-refractivity contribution is 0.280. The van der Waals surface area contributed by atoms with Crippen LogP contribution in [0.3, 0.4) is 0 Å². The van der Waals surface area contributed by atoms with Crippen molar-refractivity contribution >= 4 is 11.8 Å². The van der Waals surface area contributed by atoms with Crippen LogP contribution in [0.5, 0.6) is 0 Å². The third-order valence-corrected chi connectivity index (χ3v) is 7.22. The monoisotopic (exact) mass is 467 g/mol. The zero-order valence-corrected chi connectivity index (χ0v) is 21.5. The number of aryl methyl sites for hydroxylation is 1. The van der Waals surface area contributed by atoms with Crippen LogP contribution in [0.15, 0.2) is 77.7 Å². The number of thioether (sulfide) groups is 1. The Kier molecular flexibility index (Phi) is 8.56. The van der Waals surface area contributed by atoms with Crippen molar-refractivity contribution in [2.45, 2.75) is 57.0 Å². The van der Waals surface area contributed by atoms with E-state index in [9.17, 15) is 10.5 Å². The van der Waals surface area contributed by atoms with Gasteiger partial charge in [0.05, 0.1) is 29.2 Å². The zero-order valence-electron chi connectivity index (χ0n) is 20.7. The van der Waals surface area contributed by atoms with E-state index < -0.39 is 5.41 Å². The van der Waals surface area contributed by atoms with Crippen molar-refractivity contribution in [3.05, 3.63) is 101 Å². The van der Waals surface area contributed by atoms with Gasteiger partial charge in [0.1, 0.15) is 0 Å². The second-order valence-electron chi connectivity index (χ2n) is 9.53. The molecule has 3 atom stereocenters. The van der Waals surface area contributed by atoms with Crippen molar-refractivity contribution in [1.82, 2.24) is 5.32 Å². The van der Waals surface area contributed by atoms with Gasteiger partial charge in [-0.25, -0.2) is 0 Å². The van der Waals surface area contributed by atoms with Gasteiger partial charge in [0.2, 0.25) is 0 Å². The molecule has 1 N–H and O–H groups in total. The number of nitrogens with one attached hydrogen (secondary N) is 1. The fourth-order valence-electron chi connectivity index (χ4n) is 4.39. The van der Waals surface area contributed by atoms with E-state index in [1.165, 1.54) is 16.0 Å². The molecule has 0 spiro atoms. The first kappa shape index (κ1) is 25.6. The van der Waals surface area contributed by atoms with Gasteiger partial charge in [0.25, 0.3) is 0 Å². The van der Waals surface area contributed by atoms with E-state index in [2.05, 4.69) is 92.2 Å². The summed E-state index contributed by atoms with van der Waals surface area (Å²) in [6.07, 6.45) is 2.91. The van der Waals surface area contributed by atoms with Crippen LogP contribution in [0.1, 0.15) is 60.5 Å². The highest BCUT2D eigenvalue weighted by molar-refractivity contribution is 7.98. The molecule has 0 amide bonds. The highest BCUT2D eigenvalue weighted by atomic mass is 32.2. The lowest BCUT2D eigenvalue weighted by Crippen LogP contribution is -2.42. The van der Waals surface area contributed by atoms with Crippen LogP contribution >= 0.6 is 11.8 Å². The van der Waals surface area contributed by atoms with Gasteiger partial charge in [0, 0.05) is 16.9 Å². The maximum Gasteiger partial charge on any atom is 0.0991 e. The topological polar surface area (TPSA) is 59.6 Å². The molecule has 0 saturated heterocycles. The molecule has 0 saturated carbocycles. The Hall–Kier alpha value is -3.05. The number of hydrogen-bond acceptors (Lipinski definition) is 4. The van der Waals surface area contributed by atoms with Crippen molar-refractivity contribution in [3.63, 3.8) is 0 Å². The molecule has 3 aromatic rings. The van der Waals surface area contributed by atoms with Crippen molar-refractivity contribution in [1.29, 1.82) is 10.5 Å². The standard InChI is InChI=1S/C30H33N3S/c1-21-12-14-23(15-13-21)17-28(25-9-6-8-24(16-25)19-31)22(2)33-29(30(3,4)20-32)26-10-7-11-27(18-26)34-5/h6-16,18,22,28-29,33H,17H2,1-5H3/t22-,28+,29?/m0/s1. The van der Waals surface area contributed by atoms with Crippen LogP contribution in [0.25, 0.3) is 0 Å². The van der Waals surface area contributed by atoms with Crippen molar-refractivity contribution in [2.24, 2.45) is 5.41 Å². The minimum atomic E-state index is -0.603. The highest BCUT2D eigenvalue weighted by Gasteiger charge is 2.34. The van der Waals surface area contributed by atoms with Crippen LogP contribution in [0, 0.1) is 35.0 Å². The molecule has 0 fully saturated rings. The first-order valence-corrected chi connectivity index (χ1v) is 12.9. The fourth-order valence-corrected chi connectivity index (χ4v) is 4.85. The van der Waals surface area contributed by atoms with Gasteiger partial charge in [-0.2, -0.15) is 10.5 Å². The molecule has 4 heteroatoms. The maximum atomic E-state index is 10.0. The number of hydrogen-bond donors (Lipinski definition) is 1. The number of nitriles is 2. The van der Waals surface area contributed by atoms with E-state index in [1.807, 2.05) is 32.0 Å². The third-order valence-electron chi connectivity index (χ3n) is 6.49. The SMILES string of the molecule is CSc1cccc(C(N[C@@H](C)[C@@H](Cc2ccc(C)cc2)c2cccc(C#N)c2)C(C)(C)C#N)c1. The predicted octanol–water partition coefficient (Wildman–Crippen LogP) is 7.18. The molecule has 3 rings (SSSR count). The summed E-state index contributed by atoms with van der Waals surface area (Å²) >= 11 is 1.71. The Morgan fingerprint density at radius 3 is 2.26 bits per heavy atom. The second-order valence-corrected chi connectivity index (χ2v) is 10.4. The van der Waals surface area contributed by atoms with Gasteiger partial charge in [-0.3, -0.25) is 0 Å². The molecule has 3 nitrogen and oxygen atoms in total. The number of rotatable bonds is 9. The minimum absolute atomic E-state index is 0.0609. The summed E-state index contributed by atoms with van der Waals surface area (Å²) < 4.78 is 0. The number of benzene rings is 3. The Labute approximate surface area is 208 Å². The number of nitrogens with zero attached hydrogens (tertiary/aromatic N) is 2. The van der Waals surface area contributed by atoms with Crippen molar-refractivity contribution < 1.29 is 0 Å². The van der Waals surface area contributed by atoms with Gasteiger partial charge in [-0.15, -0.1) is 11.8 Å². The Bertz CT molecular complexity index is 1180. The van der Waals surface area contributed by atoms with Gasteiger partial charge >= 0.3 is 0 Å². The molecule has 0 radical (unpaired) electrons. The lowest BCUT2D eigenvalue weighted by Gasteiger charge is -2.36. The van der Waals surface area contributed by atoms with Gasteiger partial charge in [0.15, 0.2) is 0 Å². The summed E-state index contributed by atoms with van der Waals surface area (Å²) in [6.45, 7) is 8.28. The molecule has 0 aromatic heterocycles. The Morgan fingerprint density at radius 1 is 0.941 bits per heavy atom. The molecule has 0 aliphatic heterocycles. The molecular formula is C30H33N3S. The highest BCUT2D eigenvalue weighted by Crippen LogP contribution is 2.36. The van der Waals surface area contributed by atoms with E-state index in [4.69, 9.17) is 0 Å². The normalized spacial score (nSPS) is 14.0. The predicted molar refractivity (Wildman–Crippen MR) is 142 cm³/mol. The van der Waals surface area contributed by atoms with Crippen molar-refractivity contribution in [2.75, 3.05) is 6.26 Å². The van der Waals surface area contributed by atoms with Crippen LogP contribution < -0.4 is 5.32 Å². The van der Waals surface area contributed by atoms with Gasteiger partial charge < -0.3 is 5.32 Å². The molecular weight excluding hydrogens is 434 g/mol. The Balaban J connectivity index is 2.00. The van der Waals surface area contributed by atoms with E-state index in [1.54, 1.807) is 11.8 Å². The summed E-state index contributed by atoms with van der Waals surface area (Å²) in [6, 6.07) is 29.7. The van der Waals surface area contributed by atoms with Gasteiger partial charge in [-0.05, 0) is 81.3 Å². The summed E-state index contributed by atoms with van der Waals surface area (Å²) in [5.74, 6) is 0.136. The first-order valence-electron chi connectivity index (χ1n) is 11.6. The first-order chi connectivity index (χ1) is 16.3. The minimum Gasteiger partial charge on any atom is -0.305 e. The van der Waals surface area contributed by atoms with Crippen LogP contribution in [0.2, 0.25) is 0 Å². The molecule has 0 aliphatic carbocycles. The molecule has 3 aromatic carbocycles. The zero-order chi connectivity index (χ0) is 24.7. The molecule has 0 aliphatic rings. The maximum absolute atomic E-state index is 10.0. The third kappa shape index (κ3) is 6.29. The average molecular weight is 468 g/mol. The molecule has 0 bridgehead atoms. The second kappa shape index (κ2) is 11.4. The summed E-state index contributed by atoms with van der Waals surface area (Å²) in [4.78, 5) is 1.18. The quantitative estimate of drug-likeness (QED) is 0.338. The van der Waals surface area contributed by atoms with Crippen LogP contribution in [0.4, 0.5) is 0 Å². The van der Waals surface area contributed by atoms with E-state index in [-0.39, 0.29) is 18.0 Å². The molecule has 0 heterocycles. The van der Waals surface area contributed by atoms with Gasteiger partial charge in [-0.1, -0.05) is 54.1 Å². The molecule has 34 heavy (non-hydrogen) atoms. The molecule has 174 valence electrons. The van der Waals surface area contributed by atoms with Crippen LogP contribution in [-0.2, 0) is 6.42 Å². The average Bonchev–Trinajstić information content (AvgIpc) is 2.86. The Morgan fingerprint density at radius 2 is 1.62 bits per heavy atom. The van der Waals surface area contributed by atoms with E-state index in [0.29, 0.717) is 5.56 Å². The summed E-state index contributed by atoms with van der Waals surface area (Å²) in [5.41, 5.74) is 4.81. The van der Waals surface area contributed by atoms with E-state index >= 15 is 0 Å². The smallest absolute Gasteiger partial charge is 0.0991 e. The summed E-state index contributed by atoms with van der Waals surface area (Å²) in [7, 11) is 0. The van der Waals surface area contributed by atoms with Crippen LogP contribution in [-0.4, -0.2) is 12.3 Å².